The molecule has 1 aromatic heterocycles. The number of halogens is 1. The molecule has 0 aliphatic rings. The minimum Gasteiger partial charge on any atom is -0.484 e. The number of nitrogens with zero attached hydrogens (tertiary/aromatic N) is 2. The van der Waals surface area contributed by atoms with Gasteiger partial charge in [-0.25, -0.2) is 4.98 Å². The van der Waals surface area contributed by atoms with Crippen molar-refractivity contribution < 1.29 is 9.53 Å². The zero-order valence-electron chi connectivity index (χ0n) is 9.39. The first-order valence-corrected chi connectivity index (χ1v) is 6.02. The third-order valence-electron chi connectivity index (χ3n) is 2.08. The van der Waals surface area contributed by atoms with E-state index in [1.807, 2.05) is 12.1 Å². The molecule has 1 aromatic carbocycles. The number of hydrogen-bond acceptors (Lipinski definition) is 4. The van der Waals surface area contributed by atoms with Crippen molar-refractivity contribution in [3.63, 3.8) is 0 Å². The van der Waals surface area contributed by atoms with E-state index < -0.39 is 0 Å². The van der Waals surface area contributed by atoms with Gasteiger partial charge in [-0.15, -0.1) is 0 Å². The Morgan fingerprint density at radius 2 is 2.39 bits per heavy atom. The Balaban J connectivity index is 1.75. The number of H-pyrrole nitrogens is 1. The molecule has 2 rings (SSSR count). The second-order valence-electron chi connectivity index (χ2n) is 3.45. The lowest BCUT2D eigenvalue weighted by molar-refractivity contribution is -0.123. The molecule has 2 aromatic rings. The van der Waals surface area contributed by atoms with Gasteiger partial charge in [0, 0.05) is 4.47 Å². The van der Waals surface area contributed by atoms with Gasteiger partial charge < -0.3 is 10.1 Å². The molecule has 0 aliphatic carbocycles. The Bertz CT molecular complexity index is 516. The van der Waals surface area contributed by atoms with Crippen LogP contribution in [0, 0.1) is 0 Å². The van der Waals surface area contributed by atoms with E-state index in [-0.39, 0.29) is 12.5 Å². The predicted molar refractivity (Wildman–Crippen MR) is 67.9 cm³/mol. The lowest BCUT2D eigenvalue weighted by atomic mass is 10.3. The minimum absolute atomic E-state index is 0.0371. The molecule has 0 atom stereocenters. The van der Waals surface area contributed by atoms with E-state index in [1.54, 1.807) is 12.1 Å². The largest absolute Gasteiger partial charge is 0.484 e. The molecule has 0 radical (unpaired) electrons. The Kier molecular flexibility index (Phi) is 4.30. The molecule has 1 amide bonds. The summed E-state index contributed by atoms with van der Waals surface area (Å²) in [5, 5.41) is 8.99. The number of aromatic nitrogens is 3. The van der Waals surface area contributed by atoms with Gasteiger partial charge in [-0.2, -0.15) is 5.10 Å². The van der Waals surface area contributed by atoms with Crippen LogP contribution >= 0.6 is 15.9 Å². The van der Waals surface area contributed by atoms with E-state index in [9.17, 15) is 4.79 Å². The van der Waals surface area contributed by atoms with E-state index in [0.717, 1.165) is 4.47 Å². The summed E-state index contributed by atoms with van der Waals surface area (Å²) in [6.07, 6.45) is 1.39. The maximum absolute atomic E-state index is 11.5. The predicted octanol–water partition coefficient (Wildman–Crippen LogP) is 1.26. The van der Waals surface area contributed by atoms with E-state index in [1.165, 1.54) is 6.33 Å². The van der Waals surface area contributed by atoms with Crippen LogP contribution in [0.5, 0.6) is 5.75 Å². The molecule has 7 heteroatoms. The average Bonchev–Trinajstić information content (AvgIpc) is 2.87. The summed E-state index contributed by atoms with van der Waals surface area (Å²) in [5.41, 5.74) is 0. The van der Waals surface area contributed by atoms with E-state index >= 15 is 0 Å². The lowest BCUT2D eigenvalue weighted by Crippen LogP contribution is -2.28. The minimum atomic E-state index is -0.216. The lowest BCUT2D eigenvalue weighted by Gasteiger charge is -2.06. The van der Waals surface area contributed by atoms with Crippen molar-refractivity contribution in [2.75, 3.05) is 6.61 Å². The summed E-state index contributed by atoms with van der Waals surface area (Å²) in [7, 11) is 0. The van der Waals surface area contributed by atoms with Crippen LogP contribution in [0.15, 0.2) is 35.1 Å². The zero-order chi connectivity index (χ0) is 12.8. The Hall–Kier alpha value is -1.89. The van der Waals surface area contributed by atoms with Gasteiger partial charge in [0.25, 0.3) is 5.91 Å². The first-order valence-electron chi connectivity index (χ1n) is 5.23. The van der Waals surface area contributed by atoms with Crippen LogP contribution in [0.1, 0.15) is 5.82 Å². The van der Waals surface area contributed by atoms with Crippen molar-refractivity contribution in [3.8, 4) is 5.75 Å². The normalized spacial score (nSPS) is 10.1. The molecular formula is C11H11BrN4O2. The van der Waals surface area contributed by atoms with Crippen LogP contribution in [0.2, 0.25) is 0 Å². The summed E-state index contributed by atoms with van der Waals surface area (Å²) in [6, 6.07) is 7.31. The Morgan fingerprint density at radius 3 is 3.11 bits per heavy atom. The van der Waals surface area contributed by atoms with E-state index in [2.05, 4.69) is 36.4 Å². The molecule has 0 saturated carbocycles. The molecule has 6 nitrogen and oxygen atoms in total. The van der Waals surface area contributed by atoms with Gasteiger partial charge in [-0.05, 0) is 18.2 Å². The molecule has 0 fully saturated rings. The van der Waals surface area contributed by atoms with Crippen molar-refractivity contribution in [1.29, 1.82) is 0 Å². The van der Waals surface area contributed by atoms with Crippen molar-refractivity contribution in [3.05, 3.63) is 40.9 Å². The molecule has 0 bridgehead atoms. The molecule has 2 N–H and O–H groups in total. The molecule has 18 heavy (non-hydrogen) atoms. The van der Waals surface area contributed by atoms with Crippen molar-refractivity contribution in [2.24, 2.45) is 0 Å². The summed E-state index contributed by atoms with van der Waals surface area (Å²) < 4.78 is 6.23. The van der Waals surface area contributed by atoms with E-state index in [4.69, 9.17) is 4.74 Å². The third-order valence-corrected chi connectivity index (χ3v) is 2.58. The third kappa shape index (κ3) is 3.85. The summed E-state index contributed by atoms with van der Waals surface area (Å²) in [6.45, 7) is 0.269. The smallest absolute Gasteiger partial charge is 0.258 e. The average molecular weight is 311 g/mol. The maximum Gasteiger partial charge on any atom is 0.258 e. The molecule has 94 valence electrons. The number of hydrogen-bond donors (Lipinski definition) is 2. The molecule has 0 aliphatic heterocycles. The van der Waals surface area contributed by atoms with Crippen LogP contribution in [0.4, 0.5) is 0 Å². The van der Waals surface area contributed by atoms with Gasteiger partial charge in [-0.3, -0.25) is 9.89 Å². The highest BCUT2D eigenvalue weighted by molar-refractivity contribution is 9.10. The molecule has 1 heterocycles. The number of aromatic amines is 1. The van der Waals surface area contributed by atoms with E-state index in [0.29, 0.717) is 18.1 Å². The van der Waals surface area contributed by atoms with Crippen molar-refractivity contribution in [2.45, 2.75) is 6.54 Å². The second kappa shape index (κ2) is 6.15. The fourth-order valence-corrected chi connectivity index (χ4v) is 1.63. The van der Waals surface area contributed by atoms with Crippen molar-refractivity contribution in [1.82, 2.24) is 20.5 Å². The van der Waals surface area contributed by atoms with Crippen molar-refractivity contribution >= 4 is 21.8 Å². The van der Waals surface area contributed by atoms with Gasteiger partial charge in [0.15, 0.2) is 6.61 Å². The molecular weight excluding hydrogens is 300 g/mol. The Labute approximate surface area is 112 Å². The highest BCUT2D eigenvalue weighted by atomic mass is 79.9. The number of benzene rings is 1. The topological polar surface area (TPSA) is 79.9 Å². The highest BCUT2D eigenvalue weighted by Crippen LogP contribution is 2.17. The number of carbonyl (C=O) groups is 1. The van der Waals surface area contributed by atoms with Crippen LogP contribution < -0.4 is 10.1 Å². The van der Waals surface area contributed by atoms with Gasteiger partial charge in [0.05, 0.1) is 6.54 Å². The molecule has 0 unspecified atom stereocenters. The molecule has 0 spiro atoms. The van der Waals surface area contributed by atoms with Crippen LogP contribution in [0.3, 0.4) is 0 Å². The first-order chi connectivity index (χ1) is 8.74. The fraction of sp³-hybridized carbons (Fsp3) is 0.182. The second-order valence-corrected chi connectivity index (χ2v) is 4.37. The van der Waals surface area contributed by atoms with Gasteiger partial charge in [-0.1, -0.05) is 22.0 Å². The fourth-order valence-electron chi connectivity index (χ4n) is 1.25. The summed E-state index contributed by atoms with van der Waals surface area (Å²) in [5.74, 6) is 1.02. The zero-order valence-corrected chi connectivity index (χ0v) is 11.0. The number of nitrogens with one attached hydrogen (secondary N) is 2. The summed E-state index contributed by atoms with van der Waals surface area (Å²) in [4.78, 5) is 15.4. The van der Waals surface area contributed by atoms with Gasteiger partial charge in [0.2, 0.25) is 0 Å². The standard InChI is InChI=1S/C11H11BrN4O2/c12-8-2-1-3-9(4-8)18-6-11(17)13-5-10-14-7-15-16-10/h1-4,7H,5-6H2,(H,13,17)(H,14,15,16). The van der Waals surface area contributed by atoms with Gasteiger partial charge >= 0.3 is 0 Å². The SMILES string of the molecule is O=C(COc1cccc(Br)c1)NCc1ncn[nH]1. The molecule has 0 saturated heterocycles. The number of carbonyl (C=O) groups excluding carboxylic acids is 1. The number of ether oxygens (including phenoxy) is 1. The first kappa shape index (κ1) is 12.6. The van der Waals surface area contributed by atoms with Crippen LogP contribution in [-0.2, 0) is 11.3 Å². The van der Waals surface area contributed by atoms with Gasteiger partial charge in [0.1, 0.15) is 17.9 Å². The maximum atomic E-state index is 11.5. The van der Waals surface area contributed by atoms with Crippen LogP contribution in [0.25, 0.3) is 0 Å². The highest BCUT2D eigenvalue weighted by Gasteiger charge is 2.04. The van der Waals surface area contributed by atoms with Crippen LogP contribution in [-0.4, -0.2) is 27.7 Å². The number of rotatable bonds is 5. The number of amides is 1. The Morgan fingerprint density at radius 1 is 1.50 bits per heavy atom. The monoisotopic (exact) mass is 310 g/mol. The quantitative estimate of drug-likeness (QED) is 0.871. The summed E-state index contributed by atoms with van der Waals surface area (Å²) >= 11 is 3.33.